The fourth-order valence-corrected chi connectivity index (χ4v) is 14.8. The van der Waals surface area contributed by atoms with Crippen LogP contribution in [0.1, 0.15) is 86.0 Å². The van der Waals surface area contributed by atoms with Crippen LogP contribution in [-0.2, 0) is 6.42 Å². The summed E-state index contributed by atoms with van der Waals surface area (Å²) in [6, 6.07) is 41.6. The van der Waals surface area contributed by atoms with Gasteiger partial charge >= 0.3 is 0 Å². The van der Waals surface area contributed by atoms with Crippen molar-refractivity contribution in [2.75, 3.05) is 0 Å². The molecule has 6 aromatic carbocycles. The Morgan fingerprint density at radius 3 is 2.33 bits per heavy atom. The standard InChI is InChI=1S/C68H56S/c1-4-17-46-38-52(31-28-43(46)14-1)66-57-24-9-7-22-55(57)65(56-23-8-10-25-58(56)66)51-21-13-20-49(41-51)63-36-37-64(69-63)50-34-35-61-62(42-50)68(54-33-30-45-16-3-6-19-48(45)40-54)60-27-12-11-26-59(60)67(61)53-32-29-44-15-2-5-18-47(44)39-53/h2-3,5-7,9-22,24-25,27-32,36,38-40,42,51,54,59,64H,1,4,8,23,26,33-35,37,41H2. The summed E-state index contributed by atoms with van der Waals surface area (Å²) < 4.78 is 0. The minimum atomic E-state index is 0.334. The summed E-state index contributed by atoms with van der Waals surface area (Å²) in [5, 5.41) is 11.4. The SMILES string of the molecule is C1=CCC2C(=C1)C(C1C=c3ccccc3=CC1)=C1C=C(C3CC=C(C4=CC=CC(c5c6c(c(-c7ccc8c(c7)=CCCC=8)c7ccccc57)C=CCC6)C4)S3)CCC1=C2c1ccc2ccccc2c1. The van der Waals surface area contributed by atoms with Gasteiger partial charge in [-0.05, 0) is 186 Å². The molecule has 14 rings (SSSR count). The molecule has 4 atom stereocenters. The number of benzene rings is 6. The molecule has 1 heteroatoms. The Morgan fingerprint density at radius 1 is 0.565 bits per heavy atom. The maximum absolute atomic E-state index is 2.71. The lowest BCUT2D eigenvalue weighted by Crippen LogP contribution is -2.31. The maximum atomic E-state index is 2.71. The van der Waals surface area contributed by atoms with Gasteiger partial charge in [0, 0.05) is 27.9 Å². The second-order valence-electron chi connectivity index (χ2n) is 20.5. The first-order valence-corrected chi connectivity index (χ1v) is 26.7. The van der Waals surface area contributed by atoms with Crippen LogP contribution in [0.3, 0.4) is 0 Å². The van der Waals surface area contributed by atoms with E-state index in [1.54, 1.807) is 33.4 Å². The Labute approximate surface area is 410 Å². The first-order valence-electron chi connectivity index (χ1n) is 25.8. The third-order valence-corrected chi connectivity index (χ3v) is 18.1. The van der Waals surface area contributed by atoms with Gasteiger partial charge in [-0.1, -0.05) is 188 Å². The third kappa shape index (κ3) is 7.10. The van der Waals surface area contributed by atoms with E-state index in [0.717, 1.165) is 64.2 Å². The molecule has 1 aliphatic heterocycles. The summed E-state index contributed by atoms with van der Waals surface area (Å²) in [5.41, 5.74) is 19.6. The Bertz CT molecular complexity index is 3770. The molecule has 0 aromatic heterocycles. The molecule has 0 saturated heterocycles. The van der Waals surface area contributed by atoms with Crippen LogP contribution in [0.4, 0.5) is 0 Å². The summed E-state index contributed by atoms with van der Waals surface area (Å²) in [4.78, 5) is 1.50. The fraction of sp³-hybridized carbons (Fsp3) is 0.206. The third-order valence-electron chi connectivity index (χ3n) is 16.6. The monoisotopic (exact) mass is 904 g/mol. The quantitative estimate of drug-likeness (QED) is 0.160. The lowest BCUT2D eigenvalue weighted by atomic mass is 9.64. The molecule has 6 aromatic rings. The fourth-order valence-electron chi connectivity index (χ4n) is 13.5. The molecular formula is C68H56S. The van der Waals surface area contributed by atoms with Gasteiger partial charge in [0.2, 0.25) is 0 Å². The molecule has 7 aliphatic carbocycles. The number of rotatable bonds is 6. The van der Waals surface area contributed by atoms with Gasteiger partial charge in [-0.3, -0.25) is 0 Å². The zero-order valence-corrected chi connectivity index (χ0v) is 40.1. The highest BCUT2D eigenvalue weighted by molar-refractivity contribution is 8.04. The van der Waals surface area contributed by atoms with Crippen LogP contribution in [0, 0.1) is 11.8 Å². The van der Waals surface area contributed by atoms with E-state index in [-0.39, 0.29) is 0 Å². The van der Waals surface area contributed by atoms with Crippen LogP contribution in [0.15, 0.2) is 202 Å². The number of thioether (sulfide) groups is 1. The van der Waals surface area contributed by atoms with Crippen molar-refractivity contribution in [3.05, 3.63) is 245 Å². The molecular weight excluding hydrogens is 849 g/mol. The molecule has 0 saturated carbocycles. The highest BCUT2D eigenvalue weighted by Gasteiger charge is 2.39. The normalized spacial score (nSPS) is 23.2. The van der Waals surface area contributed by atoms with Gasteiger partial charge in [0.25, 0.3) is 0 Å². The summed E-state index contributed by atoms with van der Waals surface area (Å²) in [7, 11) is 0. The van der Waals surface area contributed by atoms with Crippen LogP contribution < -0.4 is 20.9 Å². The van der Waals surface area contributed by atoms with E-state index < -0.39 is 0 Å². The molecule has 4 unspecified atom stereocenters. The molecule has 69 heavy (non-hydrogen) atoms. The summed E-state index contributed by atoms with van der Waals surface area (Å²) in [6.07, 6.45) is 45.5. The van der Waals surface area contributed by atoms with Gasteiger partial charge in [0.15, 0.2) is 0 Å². The number of hydrogen-bond donors (Lipinski definition) is 0. The van der Waals surface area contributed by atoms with E-state index in [0.29, 0.717) is 23.0 Å². The summed E-state index contributed by atoms with van der Waals surface area (Å²) >= 11 is 2.15. The largest absolute Gasteiger partial charge is 0.118 e. The highest BCUT2D eigenvalue weighted by Crippen LogP contribution is 2.55. The molecule has 0 fully saturated rings. The molecule has 0 bridgehead atoms. The molecule has 0 amide bonds. The molecule has 0 spiro atoms. The van der Waals surface area contributed by atoms with Gasteiger partial charge < -0.3 is 0 Å². The average Bonchev–Trinajstić information content (AvgIpc) is 3.92. The van der Waals surface area contributed by atoms with Gasteiger partial charge in [-0.2, -0.15) is 0 Å². The van der Waals surface area contributed by atoms with Crippen LogP contribution >= 0.6 is 11.8 Å². The van der Waals surface area contributed by atoms with Crippen molar-refractivity contribution in [1.29, 1.82) is 0 Å². The molecule has 334 valence electrons. The molecule has 8 aliphatic rings. The Hall–Kier alpha value is -6.67. The van der Waals surface area contributed by atoms with Crippen molar-refractivity contribution in [2.45, 2.75) is 75.4 Å². The first-order chi connectivity index (χ1) is 34.2. The Balaban J connectivity index is 0.817. The number of hydrogen-bond acceptors (Lipinski definition) is 1. The predicted molar refractivity (Wildman–Crippen MR) is 296 cm³/mol. The van der Waals surface area contributed by atoms with Crippen LogP contribution in [0.5, 0.6) is 0 Å². The van der Waals surface area contributed by atoms with E-state index in [2.05, 4.69) is 206 Å². The van der Waals surface area contributed by atoms with Crippen molar-refractivity contribution < 1.29 is 0 Å². The van der Waals surface area contributed by atoms with E-state index in [1.165, 1.54) is 86.3 Å². The van der Waals surface area contributed by atoms with E-state index >= 15 is 0 Å². The van der Waals surface area contributed by atoms with E-state index in [9.17, 15) is 0 Å². The lowest BCUT2D eigenvalue weighted by molar-refractivity contribution is 0.704. The zero-order chi connectivity index (χ0) is 45.4. The second-order valence-corrected chi connectivity index (χ2v) is 21.7. The summed E-state index contributed by atoms with van der Waals surface area (Å²) in [6.45, 7) is 0. The topological polar surface area (TPSA) is 0 Å². The van der Waals surface area contributed by atoms with Gasteiger partial charge in [0.1, 0.15) is 0 Å². The van der Waals surface area contributed by atoms with Crippen molar-refractivity contribution in [3.63, 3.8) is 0 Å². The van der Waals surface area contributed by atoms with Crippen LogP contribution in [0.25, 0.3) is 68.6 Å². The van der Waals surface area contributed by atoms with Gasteiger partial charge in [-0.15, -0.1) is 11.8 Å². The zero-order valence-electron chi connectivity index (χ0n) is 39.3. The first kappa shape index (κ1) is 41.3. The van der Waals surface area contributed by atoms with Gasteiger partial charge in [0.05, 0.1) is 0 Å². The second kappa shape index (κ2) is 17.1. The molecule has 0 radical (unpaired) electrons. The van der Waals surface area contributed by atoms with Crippen molar-refractivity contribution in [2.24, 2.45) is 11.8 Å². The minimum absolute atomic E-state index is 0.334. The number of fused-ring (bicyclic) bond motifs is 7. The maximum Gasteiger partial charge on any atom is 0.0342 e. The highest BCUT2D eigenvalue weighted by atomic mass is 32.2. The Morgan fingerprint density at radius 2 is 1.39 bits per heavy atom. The van der Waals surface area contributed by atoms with Crippen LogP contribution in [-0.4, -0.2) is 5.25 Å². The van der Waals surface area contributed by atoms with E-state index in [1.807, 2.05) is 0 Å². The predicted octanol–water partition coefficient (Wildman–Crippen LogP) is 14.6. The lowest BCUT2D eigenvalue weighted by Gasteiger charge is -2.40. The molecule has 0 N–H and O–H groups in total. The van der Waals surface area contributed by atoms with Crippen molar-refractivity contribution in [3.8, 4) is 11.1 Å². The van der Waals surface area contributed by atoms with Crippen molar-refractivity contribution in [1.82, 2.24) is 0 Å². The molecule has 0 nitrogen and oxygen atoms in total. The summed E-state index contributed by atoms with van der Waals surface area (Å²) in [5.74, 6) is 1.05. The smallest absolute Gasteiger partial charge is 0.0342 e. The number of allylic oxidation sites excluding steroid dienone is 15. The average molecular weight is 905 g/mol. The Kier molecular flexibility index (Phi) is 10.2. The van der Waals surface area contributed by atoms with Gasteiger partial charge in [-0.25, -0.2) is 0 Å². The van der Waals surface area contributed by atoms with Crippen LogP contribution in [0.2, 0.25) is 0 Å². The van der Waals surface area contributed by atoms with E-state index in [4.69, 9.17) is 0 Å². The van der Waals surface area contributed by atoms with Crippen molar-refractivity contribution >= 4 is 69.3 Å². The molecule has 1 heterocycles. The minimum Gasteiger partial charge on any atom is -0.118 e.